The first-order valence-corrected chi connectivity index (χ1v) is 21.1. The fraction of sp³-hybridized carbons (Fsp3) is 0.385. The van der Waals surface area contributed by atoms with Crippen molar-refractivity contribution in [3.63, 3.8) is 0 Å². The molecular formula is C39H40Cl3F6N18Na. The van der Waals surface area contributed by atoms with Crippen LogP contribution in [0.1, 0.15) is 0 Å². The van der Waals surface area contributed by atoms with E-state index in [4.69, 9.17) is 45.9 Å². The molecule has 0 spiro atoms. The van der Waals surface area contributed by atoms with E-state index in [2.05, 4.69) is 79.5 Å². The van der Waals surface area contributed by atoms with E-state index < -0.39 is 34.9 Å². The second-order valence-corrected chi connectivity index (χ2v) is 16.1. The average molecular weight is 1000 g/mol. The van der Waals surface area contributed by atoms with Crippen LogP contribution in [0.15, 0.2) is 36.4 Å². The summed E-state index contributed by atoms with van der Waals surface area (Å²) in [4.78, 5) is 32.7. The Morgan fingerprint density at radius 3 is 1.30 bits per heavy atom. The maximum atomic E-state index is 13.5. The van der Waals surface area contributed by atoms with Gasteiger partial charge in [-0.15, -0.1) is 5.10 Å². The number of likely N-dealkylation sites (N-methyl/N-ethyl adjacent to an activating group) is 3. The van der Waals surface area contributed by atoms with Crippen molar-refractivity contribution >= 4 is 85.2 Å². The van der Waals surface area contributed by atoms with E-state index >= 15 is 0 Å². The van der Waals surface area contributed by atoms with Gasteiger partial charge in [0.25, 0.3) is 0 Å². The maximum Gasteiger partial charge on any atom is 1.00 e. The topological polar surface area (TPSA) is 194 Å². The van der Waals surface area contributed by atoms with Gasteiger partial charge in [0.05, 0.1) is 33.1 Å². The van der Waals surface area contributed by atoms with Crippen LogP contribution in [0.25, 0.3) is 54.7 Å². The normalized spacial score (nSPS) is 15.6. The van der Waals surface area contributed by atoms with Crippen molar-refractivity contribution in [1.29, 1.82) is 0 Å². The molecule has 67 heavy (non-hydrogen) atoms. The summed E-state index contributed by atoms with van der Waals surface area (Å²) in [7, 11) is 6.25. The third-order valence-corrected chi connectivity index (χ3v) is 11.2. The molecule has 1 N–H and O–H groups in total. The van der Waals surface area contributed by atoms with Crippen LogP contribution in [0.5, 0.6) is 0 Å². The molecule has 0 atom stereocenters. The number of benzene rings is 3. The monoisotopic (exact) mass is 1000 g/mol. The molecule has 0 aliphatic carbocycles. The van der Waals surface area contributed by atoms with E-state index in [0.29, 0.717) is 33.8 Å². The number of tetrazole rings is 1. The number of hydrogen-bond donors (Lipinski definition) is 1. The summed E-state index contributed by atoms with van der Waals surface area (Å²) in [5.41, 5.74) is 15.5. The summed E-state index contributed by atoms with van der Waals surface area (Å²) in [6, 6.07) is 6.03. The summed E-state index contributed by atoms with van der Waals surface area (Å²) in [5, 5.41) is 14.9. The predicted molar refractivity (Wildman–Crippen MR) is 240 cm³/mol. The van der Waals surface area contributed by atoms with Gasteiger partial charge in [-0.2, -0.15) is 4.52 Å². The van der Waals surface area contributed by atoms with Crippen molar-refractivity contribution in [3.8, 4) is 0 Å². The smallest absolute Gasteiger partial charge is 0.373 e. The molecule has 0 saturated carbocycles. The Morgan fingerprint density at radius 1 is 0.507 bits per heavy atom. The van der Waals surface area contributed by atoms with Gasteiger partial charge in [0.2, 0.25) is 5.65 Å². The predicted octanol–water partition coefficient (Wildman–Crippen LogP) is 3.62. The molecule has 3 aliphatic rings. The van der Waals surface area contributed by atoms with Gasteiger partial charge in [0, 0.05) is 115 Å². The van der Waals surface area contributed by atoms with Gasteiger partial charge in [-0.05, 0) is 31.6 Å². The van der Waals surface area contributed by atoms with Crippen LogP contribution in [-0.2, 0) is 0 Å². The Bertz CT molecular complexity index is 2750. The zero-order valence-corrected chi connectivity index (χ0v) is 40.7. The molecule has 18 nitrogen and oxygen atoms in total. The van der Waals surface area contributed by atoms with Gasteiger partial charge in [-0.25, -0.2) is 51.3 Å². The Balaban J connectivity index is 0.000000172. The molecule has 0 unspecified atom stereocenters. The largest absolute Gasteiger partial charge is 1.00 e. The standard InChI is InChI=1S/C13H13ClF2N4.C13H13F2N7.C8H2Cl2F2N2.C5H12N2.N3.Na/c1-19-2-4-20(5-3-19)13-12(14)17-10-6-8(15)9(16)7-11(10)18-13;1-20-2-4-21(5-3-20)12-13-17-18-19-22(13)11-7-9(15)8(14)6-10(11)16-12;9-7-8(10)14-6-2-4(12)3(11)1-5(6)13-7;1-7-4-2-6-3-5-7;1-3-2;/h6-7H,2-5H2,1H3;6-7H,2-5H2,1H3;1-2H;6H,2-5H2,1H3;;/q;;;;-1;+1. The van der Waals surface area contributed by atoms with Crippen molar-refractivity contribution in [2.24, 2.45) is 0 Å². The van der Waals surface area contributed by atoms with Gasteiger partial charge in [0.1, 0.15) is 0 Å². The maximum absolute atomic E-state index is 13.5. The Hall–Kier alpha value is -4.72. The minimum Gasteiger partial charge on any atom is -0.373 e. The van der Waals surface area contributed by atoms with Crippen LogP contribution in [0.4, 0.5) is 38.0 Å². The first kappa shape index (κ1) is 53.2. The molecule has 3 aromatic carbocycles. The fourth-order valence-corrected chi connectivity index (χ4v) is 7.21. The number of nitrogens with zero attached hydrogens (tertiary/aromatic N) is 17. The van der Waals surface area contributed by atoms with E-state index in [9.17, 15) is 26.3 Å². The van der Waals surface area contributed by atoms with E-state index in [0.717, 1.165) is 102 Å². The first-order chi connectivity index (χ1) is 31.6. The van der Waals surface area contributed by atoms with E-state index in [1.54, 1.807) is 0 Å². The summed E-state index contributed by atoms with van der Waals surface area (Å²) in [6.45, 7) is 11.4. The first-order valence-electron chi connectivity index (χ1n) is 20.0. The van der Waals surface area contributed by atoms with Crippen LogP contribution in [0.2, 0.25) is 15.5 Å². The van der Waals surface area contributed by atoms with Crippen LogP contribution >= 0.6 is 34.8 Å². The van der Waals surface area contributed by atoms with Crippen molar-refractivity contribution in [1.82, 2.24) is 65.0 Å². The zero-order chi connectivity index (χ0) is 47.7. The number of nitrogens with one attached hydrogen (secondary N) is 1. The van der Waals surface area contributed by atoms with Crippen molar-refractivity contribution in [2.45, 2.75) is 0 Å². The third kappa shape index (κ3) is 13.7. The van der Waals surface area contributed by atoms with Gasteiger partial charge in [0.15, 0.2) is 62.0 Å². The second kappa shape index (κ2) is 24.5. The summed E-state index contributed by atoms with van der Waals surface area (Å²) in [6.07, 6.45) is 0. The van der Waals surface area contributed by atoms with Gasteiger partial charge >= 0.3 is 29.6 Å². The summed E-state index contributed by atoms with van der Waals surface area (Å²) < 4.78 is 80.4. The quantitative estimate of drug-likeness (QED) is 0.0868. The molecule has 0 amide bonds. The van der Waals surface area contributed by atoms with E-state index in [1.807, 2.05) is 11.9 Å². The van der Waals surface area contributed by atoms with Crippen LogP contribution in [-0.4, -0.2) is 159 Å². The zero-order valence-electron chi connectivity index (χ0n) is 36.5. The molecule has 7 heterocycles. The van der Waals surface area contributed by atoms with E-state index in [1.165, 1.54) is 22.5 Å². The minimum absolute atomic E-state index is 0. The van der Waals surface area contributed by atoms with Gasteiger partial charge in [-0.3, -0.25) is 4.91 Å². The molecule has 0 bridgehead atoms. The number of anilines is 2. The fourth-order valence-electron chi connectivity index (χ4n) is 6.69. The SMILES string of the molecule is CN1CCN(c2nc3cc(F)c(F)cc3n3nnnc23)CC1.CN1CCN(c2nc3cc(F)c(F)cc3nc2Cl)CC1.CN1CCNCC1.Fc1cc2nc(Cl)c(Cl)nc2cc1F.[N-]=[N+]=[N-].[Na+]. The van der Waals surface area contributed by atoms with Gasteiger partial charge < -0.3 is 40.9 Å². The average Bonchev–Trinajstić information content (AvgIpc) is 3.78. The molecule has 28 heteroatoms. The minimum atomic E-state index is -0.995. The summed E-state index contributed by atoms with van der Waals surface area (Å²) >= 11 is 17.2. The Morgan fingerprint density at radius 2 is 0.866 bits per heavy atom. The number of rotatable bonds is 2. The van der Waals surface area contributed by atoms with E-state index in [-0.39, 0.29) is 61.6 Å². The molecule has 10 rings (SSSR count). The number of aromatic nitrogens is 9. The molecule has 4 aromatic heterocycles. The summed E-state index contributed by atoms with van der Waals surface area (Å²) in [5.74, 6) is -4.63. The number of piperazine rings is 3. The molecule has 3 saturated heterocycles. The number of hydrogen-bond acceptors (Lipinski definition) is 14. The number of halogens is 9. The molecule has 3 aliphatic heterocycles. The van der Waals surface area contributed by atoms with Crippen LogP contribution < -0.4 is 44.7 Å². The van der Waals surface area contributed by atoms with Crippen molar-refractivity contribution < 1.29 is 55.9 Å². The molecule has 7 aromatic rings. The Labute approximate surface area is 415 Å². The van der Waals surface area contributed by atoms with Crippen molar-refractivity contribution in [2.75, 3.05) is 109 Å². The number of fused-ring (bicyclic) bond motifs is 5. The molecule has 3 fully saturated rings. The van der Waals surface area contributed by atoms with Crippen LogP contribution in [0, 0.1) is 34.9 Å². The van der Waals surface area contributed by atoms with Crippen molar-refractivity contribution in [3.05, 3.63) is 103 Å². The van der Waals surface area contributed by atoms with Gasteiger partial charge in [-0.1, -0.05) is 34.8 Å². The molecule has 0 radical (unpaired) electrons. The third-order valence-electron chi connectivity index (χ3n) is 10.4. The Kier molecular flexibility index (Phi) is 19.5. The molecular weight excluding hydrogens is 964 g/mol. The van der Waals surface area contributed by atoms with Crippen LogP contribution in [0.3, 0.4) is 0 Å². The second-order valence-electron chi connectivity index (χ2n) is 15.0. The molecule has 350 valence electrons.